The number of pyridine rings is 1. The van der Waals surface area contributed by atoms with E-state index in [1.54, 1.807) is 18.4 Å². The second-order valence-corrected chi connectivity index (χ2v) is 7.95. The smallest absolute Gasteiger partial charge is 0.214 e. The summed E-state index contributed by atoms with van der Waals surface area (Å²) < 4.78 is 5.19. The Morgan fingerprint density at radius 3 is 2.96 bits per heavy atom. The summed E-state index contributed by atoms with van der Waals surface area (Å²) in [5, 5.41) is 8.12. The van der Waals surface area contributed by atoms with Crippen LogP contribution in [-0.4, -0.2) is 47.2 Å². The van der Waals surface area contributed by atoms with Gasteiger partial charge in [0.2, 0.25) is 5.88 Å². The van der Waals surface area contributed by atoms with Crippen LogP contribution in [0.5, 0.6) is 5.88 Å². The van der Waals surface area contributed by atoms with Gasteiger partial charge in [-0.05, 0) is 50.4 Å². The van der Waals surface area contributed by atoms with Crippen molar-refractivity contribution in [1.82, 2.24) is 20.2 Å². The topological polar surface area (TPSA) is 62.3 Å². The summed E-state index contributed by atoms with van der Waals surface area (Å²) in [6.07, 6.45) is 6.04. The first kappa shape index (κ1) is 14.5. The molecule has 0 aliphatic carbocycles. The standard InChI is InChI=1S/C17H21N5OS/c1-23-14-3-2-12-15(20-14)24-16(18-12)19-13-4-7-17(21-13)10-22-8-5-11(17)6-9-22/h2-4,11,21H,5-10H2,1H3,(H,18,19)/t17-/m1/s1. The molecule has 0 aromatic carbocycles. The highest BCUT2D eigenvalue weighted by molar-refractivity contribution is 7.21. The van der Waals surface area contributed by atoms with Crippen LogP contribution in [0.2, 0.25) is 0 Å². The van der Waals surface area contributed by atoms with Crippen LogP contribution in [0.25, 0.3) is 10.3 Å². The zero-order valence-electron chi connectivity index (χ0n) is 13.7. The van der Waals surface area contributed by atoms with Crippen LogP contribution in [0.3, 0.4) is 0 Å². The van der Waals surface area contributed by atoms with Gasteiger partial charge in [-0.2, -0.15) is 0 Å². The molecule has 4 aliphatic rings. The Morgan fingerprint density at radius 1 is 1.33 bits per heavy atom. The lowest BCUT2D eigenvalue weighted by molar-refractivity contribution is 0.0189. The van der Waals surface area contributed by atoms with Gasteiger partial charge in [0.25, 0.3) is 0 Å². The number of nitrogens with zero attached hydrogens (tertiary/aromatic N) is 3. The number of methoxy groups -OCH3 is 1. The minimum absolute atomic E-state index is 0.233. The van der Waals surface area contributed by atoms with Gasteiger partial charge in [-0.15, -0.1) is 0 Å². The van der Waals surface area contributed by atoms with Gasteiger partial charge in [-0.3, -0.25) is 0 Å². The molecule has 1 spiro atoms. The monoisotopic (exact) mass is 343 g/mol. The van der Waals surface area contributed by atoms with Crippen LogP contribution < -0.4 is 15.4 Å². The van der Waals surface area contributed by atoms with Gasteiger partial charge < -0.3 is 20.3 Å². The number of nitrogens with one attached hydrogen (secondary N) is 2. The summed E-state index contributed by atoms with van der Waals surface area (Å²) in [5.74, 6) is 2.51. The second-order valence-electron chi connectivity index (χ2n) is 6.98. The number of rotatable bonds is 3. The SMILES string of the molecule is COc1ccc2nc(NC3=CC[C@]4(CN5CCC4CC5)N3)sc2n1. The van der Waals surface area contributed by atoms with E-state index in [4.69, 9.17) is 4.74 Å². The van der Waals surface area contributed by atoms with E-state index in [0.717, 1.165) is 40.2 Å². The van der Waals surface area contributed by atoms with Gasteiger partial charge in [-0.1, -0.05) is 11.3 Å². The molecule has 6 nitrogen and oxygen atoms in total. The Balaban J connectivity index is 1.34. The van der Waals surface area contributed by atoms with Crippen molar-refractivity contribution < 1.29 is 4.74 Å². The average Bonchev–Trinajstić information content (AvgIpc) is 3.19. The number of aromatic nitrogens is 2. The van der Waals surface area contributed by atoms with Gasteiger partial charge in [-0.25, -0.2) is 9.97 Å². The lowest BCUT2D eigenvalue weighted by atomic mass is 9.72. The molecule has 3 fully saturated rings. The van der Waals surface area contributed by atoms with E-state index in [0.29, 0.717) is 5.88 Å². The molecule has 126 valence electrons. The normalized spacial score (nSPS) is 31.3. The number of fused-ring (bicyclic) bond motifs is 3. The molecule has 24 heavy (non-hydrogen) atoms. The van der Waals surface area contributed by atoms with Gasteiger partial charge in [0, 0.05) is 12.6 Å². The number of hydrogen-bond donors (Lipinski definition) is 2. The van der Waals surface area contributed by atoms with Crippen molar-refractivity contribution in [1.29, 1.82) is 0 Å². The highest BCUT2D eigenvalue weighted by atomic mass is 32.1. The fraction of sp³-hybridized carbons (Fsp3) is 0.529. The number of anilines is 1. The third-order valence-corrected chi connectivity index (χ3v) is 6.49. The molecular formula is C17H21N5OS. The van der Waals surface area contributed by atoms with Crippen molar-refractivity contribution in [3.05, 3.63) is 24.0 Å². The molecule has 6 rings (SSSR count). The molecule has 2 bridgehead atoms. The van der Waals surface area contributed by atoms with Crippen LogP contribution in [0.15, 0.2) is 24.0 Å². The summed E-state index contributed by atoms with van der Waals surface area (Å²) in [7, 11) is 1.63. The second kappa shape index (κ2) is 5.32. The predicted molar refractivity (Wildman–Crippen MR) is 95.3 cm³/mol. The highest BCUT2D eigenvalue weighted by Crippen LogP contribution is 2.41. The predicted octanol–water partition coefficient (Wildman–Crippen LogP) is 2.41. The molecule has 0 radical (unpaired) electrons. The molecule has 4 aliphatic heterocycles. The molecular weight excluding hydrogens is 322 g/mol. The molecule has 7 heteroatoms. The van der Waals surface area contributed by atoms with Crippen molar-refractivity contribution in [3.63, 3.8) is 0 Å². The Morgan fingerprint density at radius 2 is 2.21 bits per heavy atom. The van der Waals surface area contributed by atoms with E-state index in [1.807, 2.05) is 12.1 Å². The maximum atomic E-state index is 5.19. The van der Waals surface area contributed by atoms with E-state index in [2.05, 4.69) is 31.6 Å². The first-order chi connectivity index (χ1) is 11.7. The van der Waals surface area contributed by atoms with Crippen molar-refractivity contribution in [2.24, 2.45) is 5.92 Å². The molecule has 3 saturated heterocycles. The van der Waals surface area contributed by atoms with E-state index in [1.165, 1.54) is 25.9 Å². The van der Waals surface area contributed by atoms with Crippen molar-refractivity contribution >= 4 is 26.8 Å². The molecule has 6 heterocycles. The Hall–Kier alpha value is -1.86. The zero-order chi connectivity index (χ0) is 16.1. The third kappa shape index (κ3) is 2.26. The van der Waals surface area contributed by atoms with Crippen LogP contribution >= 0.6 is 11.3 Å². The lowest BCUT2D eigenvalue weighted by Crippen LogP contribution is -2.64. The minimum Gasteiger partial charge on any atom is -0.481 e. The van der Waals surface area contributed by atoms with Crippen molar-refractivity contribution in [2.75, 3.05) is 32.1 Å². The summed E-state index contributed by atoms with van der Waals surface area (Å²) in [6.45, 7) is 3.70. The van der Waals surface area contributed by atoms with Crippen LogP contribution in [-0.2, 0) is 0 Å². The zero-order valence-corrected chi connectivity index (χ0v) is 14.5. The van der Waals surface area contributed by atoms with E-state index < -0.39 is 0 Å². The molecule has 0 unspecified atom stereocenters. The van der Waals surface area contributed by atoms with Crippen LogP contribution in [0.4, 0.5) is 5.13 Å². The molecule has 0 amide bonds. The maximum Gasteiger partial charge on any atom is 0.214 e. The molecule has 0 saturated carbocycles. The third-order valence-electron chi connectivity index (χ3n) is 5.61. The van der Waals surface area contributed by atoms with E-state index >= 15 is 0 Å². The lowest BCUT2D eigenvalue weighted by Gasteiger charge is -2.52. The van der Waals surface area contributed by atoms with Gasteiger partial charge in [0.1, 0.15) is 16.2 Å². The average molecular weight is 343 g/mol. The first-order valence-electron chi connectivity index (χ1n) is 8.53. The van der Waals surface area contributed by atoms with Crippen LogP contribution in [0, 0.1) is 5.92 Å². The number of hydrogen-bond acceptors (Lipinski definition) is 7. The Kier molecular flexibility index (Phi) is 3.21. The van der Waals surface area contributed by atoms with E-state index in [9.17, 15) is 0 Å². The molecule has 2 aromatic rings. The summed E-state index contributed by atoms with van der Waals surface area (Å²) in [4.78, 5) is 12.6. The van der Waals surface area contributed by atoms with Crippen molar-refractivity contribution in [2.45, 2.75) is 24.8 Å². The van der Waals surface area contributed by atoms with Gasteiger partial charge in [0.05, 0.1) is 12.6 Å². The number of thiazole rings is 1. The highest BCUT2D eigenvalue weighted by Gasteiger charge is 2.48. The first-order valence-corrected chi connectivity index (χ1v) is 9.35. The quantitative estimate of drug-likeness (QED) is 0.892. The van der Waals surface area contributed by atoms with Crippen molar-refractivity contribution in [3.8, 4) is 5.88 Å². The molecule has 2 N–H and O–H groups in total. The summed E-state index contributed by atoms with van der Waals surface area (Å²) >= 11 is 1.56. The maximum absolute atomic E-state index is 5.19. The summed E-state index contributed by atoms with van der Waals surface area (Å²) in [6, 6.07) is 3.80. The van der Waals surface area contributed by atoms with Crippen LogP contribution in [0.1, 0.15) is 19.3 Å². The van der Waals surface area contributed by atoms with Gasteiger partial charge >= 0.3 is 0 Å². The molecule has 2 aromatic heterocycles. The minimum atomic E-state index is 0.233. The number of ether oxygens (including phenoxy) is 1. The van der Waals surface area contributed by atoms with Gasteiger partial charge in [0.15, 0.2) is 5.13 Å². The summed E-state index contributed by atoms with van der Waals surface area (Å²) in [5.41, 5.74) is 1.14. The fourth-order valence-corrected chi connectivity index (χ4v) is 5.21. The Bertz CT molecular complexity index is 810. The number of piperidine rings is 3. The Labute approximate surface area is 144 Å². The fourth-order valence-electron chi connectivity index (χ4n) is 4.36. The molecule has 1 atom stereocenters. The largest absolute Gasteiger partial charge is 0.481 e. The van der Waals surface area contributed by atoms with E-state index in [-0.39, 0.29) is 5.54 Å².